The van der Waals surface area contributed by atoms with Crippen LogP contribution >= 0.6 is 0 Å². The molecule has 0 spiro atoms. The van der Waals surface area contributed by atoms with E-state index in [1.807, 2.05) is 47.7 Å². The number of likely N-dealkylation sites (tertiary alicyclic amines) is 2. The highest BCUT2D eigenvalue weighted by Gasteiger charge is 2.27. The molecule has 0 aromatic carbocycles. The average Bonchev–Trinajstić information content (AvgIpc) is 2.83. The minimum Gasteiger partial charge on any atom is -0.444 e. The molecular formula is C28H49N7O2. The van der Waals surface area contributed by atoms with Crippen LogP contribution in [0.25, 0.3) is 0 Å². The molecule has 0 radical (unpaired) electrons. The molecule has 208 valence electrons. The Morgan fingerprint density at radius 3 is 2.38 bits per heavy atom. The summed E-state index contributed by atoms with van der Waals surface area (Å²) in [5, 5.41) is 6.37. The van der Waals surface area contributed by atoms with E-state index in [2.05, 4.69) is 43.9 Å². The van der Waals surface area contributed by atoms with Crippen LogP contribution in [0.1, 0.15) is 60.3 Å². The van der Waals surface area contributed by atoms with E-state index in [1.54, 1.807) is 17.3 Å². The first-order chi connectivity index (χ1) is 17.6. The first-order valence-electron chi connectivity index (χ1n) is 13.2. The predicted octanol–water partition coefficient (Wildman–Crippen LogP) is 4.40. The highest BCUT2D eigenvalue weighted by Crippen LogP contribution is 2.18. The Morgan fingerprint density at radius 2 is 1.81 bits per heavy atom. The monoisotopic (exact) mass is 515 g/mol. The van der Waals surface area contributed by atoms with Gasteiger partial charge in [-0.05, 0) is 99.1 Å². The molecule has 2 aliphatic rings. The fraction of sp³-hybridized carbons (Fsp3) is 0.643. The highest BCUT2D eigenvalue weighted by molar-refractivity contribution is 6.03. The summed E-state index contributed by atoms with van der Waals surface area (Å²) in [4.78, 5) is 28.8. The second-order valence-electron chi connectivity index (χ2n) is 10.4. The van der Waals surface area contributed by atoms with Crippen molar-refractivity contribution in [2.24, 2.45) is 15.0 Å². The van der Waals surface area contributed by atoms with E-state index >= 15 is 0 Å². The summed E-state index contributed by atoms with van der Waals surface area (Å²) in [5.41, 5.74) is 3.18. The van der Waals surface area contributed by atoms with Crippen molar-refractivity contribution >= 4 is 25.2 Å². The zero-order valence-corrected chi connectivity index (χ0v) is 24.0. The maximum atomic E-state index is 12.4. The van der Waals surface area contributed by atoms with Crippen molar-refractivity contribution in [1.29, 1.82) is 0 Å². The summed E-state index contributed by atoms with van der Waals surface area (Å²) in [7, 11) is 2.02. The molecule has 0 aromatic rings. The fourth-order valence-corrected chi connectivity index (χ4v) is 3.87. The predicted molar refractivity (Wildman–Crippen MR) is 157 cm³/mol. The van der Waals surface area contributed by atoms with Crippen LogP contribution in [0.2, 0.25) is 0 Å². The van der Waals surface area contributed by atoms with Gasteiger partial charge in [-0.2, -0.15) is 0 Å². The number of carbonyl (C=O) groups excluding carboxylic acids is 1. The maximum absolute atomic E-state index is 12.4. The van der Waals surface area contributed by atoms with Crippen molar-refractivity contribution in [2.75, 3.05) is 53.0 Å². The number of piperidine rings is 2. The highest BCUT2D eigenvalue weighted by atomic mass is 16.6. The summed E-state index contributed by atoms with van der Waals surface area (Å²) >= 11 is 0. The first-order valence-corrected chi connectivity index (χ1v) is 13.2. The number of nitrogens with one attached hydrogen (secondary N) is 2. The Balaban J connectivity index is 0.000000568. The molecule has 2 fully saturated rings. The normalized spacial score (nSPS) is 19.1. The van der Waals surface area contributed by atoms with Gasteiger partial charge in [-0.15, -0.1) is 0 Å². The number of carbonyl (C=O) groups is 1. The molecule has 1 amide bonds. The molecule has 9 nitrogen and oxygen atoms in total. The number of rotatable bonds is 9. The lowest BCUT2D eigenvalue weighted by atomic mass is 10.0. The van der Waals surface area contributed by atoms with E-state index < -0.39 is 5.60 Å². The molecule has 37 heavy (non-hydrogen) atoms. The largest absolute Gasteiger partial charge is 0.444 e. The third-order valence-electron chi connectivity index (χ3n) is 5.62. The molecule has 0 unspecified atom stereocenters. The summed E-state index contributed by atoms with van der Waals surface area (Å²) in [6.07, 6.45) is 9.87. The Hall–Kier alpha value is -2.78. The second-order valence-corrected chi connectivity index (χ2v) is 10.4. The molecule has 2 saturated heterocycles. The van der Waals surface area contributed by atoms with Crippen LogP contribution in [-0.4, -0.2) is 93.6 Å². The van der Waals surface area contributed by atoms with Gasteiger partial charge in [0, 0.05) is 32.0 Å². The molecule has 0 atom stereocenters. The van der Waals surface area contributed by atoms with Crippen LogP contribution in [-0.2, 0) is 4.74 Å². The standard InChI is InChI=1S/C20H31N5O2.C8H18N2/c1-15(2)10-17(12-22-7)23-14-24-18-13-25(9-8-16(18)11-21-6)19(26)27-20(3,4)5;1-9-5-8-10-6-3-2-4-7-10/h10-12,23H,6-9,13-14H2,1-5H3;9H,2-8H2,1H3/b16-11-,17-12+,24-18-;. The quantitative estimate of drug-likeness (QED) is 0.351. The van der Waals surface area contributed by atoms with Crippen LogP contribution < -0.4 is 10.6 Å². The minimum atomic E-state index is -0.531. The molecular weight excluding hydrogens is 466 g/mol. The lowest BCUT2D eigenvalue weighted by Gasteiger charge is -2.31. The molecule has 2 N–H and O–H groups in total. The lowest BCUT2D eigenvalue weighted by molar-refractivity contribution is 0.0274. The van der Waals surface area contributed by atoms with Crippen LogP contribution in [0.3, 0.4) is 0 Å². The van der Waals surface area contributed by atoms with Gasteiger partial charge in [0.05, 0.1) is 18.0 Å². The molecule has 2 heterocycles. The van der Waals surface area contributed by atoms with Crippen LogP contribution in [0.5, 0.6) is 0 Å². The Bertz CT molecular complexity index is 843. The van der Waals surface area contributed by atoms with E-state index in [-0.39, 0.29) is 6.09 Å². The Labute approximate surface area is 224 Å². The van der Waals surface area contributed by atoms with E-state index in [0.29, 0.717) is 26.2 Å². The van der Waals surface area contributed by atoms with Crippen LogP contribution in [0.4, 0.5) is 4.79 Å². The van der Waals surface area contributed by atoms with E-state index in [9.17, 15) is 4.79 Å². The van der Waals surface area contributed by atoms with Gasteiger partial charge in [0.1, 0.15) is 12.3 Å². The molecule has 0 aliphatic carbocycles. The molecule has 2 aliphatic heterocycles. The van der Waals surface area contributed by atoms with Crippen molar-refractivity contribution in [2.45, 2.75) is 65.9 Å². The third kappa shape index (κ3) is 14.5. The van der Waals surface area contributed by atoms with Gasteiger partial charge in [0.2, 0.25) is 0 Å². The summed E-state index contributed by atoms with van der Waals surface area (Å²) in [6, 6.07) is 0. The maximum Gasteiger partial charge on any atom is 0.410 e. The molecule has 0 aromatic heterocycles. The molecule has 0 bridgehead atoms. The van der Waals surface area contributed by atoms with Gasteiger partial charge in [-0.25, -0.2) is 4.79 Å². The number of likely N-dealkylation sites (N-methyl/N-ethyl adjacent to an activating group) is 1. The van der Waals surface area contributed by atoms with E-state index in [0.717, 1.165) is 29.1 Å². The van der Waals surface area contributed by atoms with E-state index in [1.165, 1.54) is 38.9 Å². The Morgan fingerprint density at radius 1 is 1.11 bits per heavy atom. The number of aliphatic imine (C=N–C) groups is 3. The van der Waals surface area contributed by atoms with Crippen molar-refractivity contribution in [1.82, 2.24) is 20.4 Å². The number of amides is 1. The van der Waals surface area contributed by atoms with Crippen LogP contribution in [0, 0.1) is 0 Å². The number of hydrogen-bond donors (Lipinski definition) is 2. The van der Waals surface area contributed by atoms with Gasteiger partial charge in [-0.1, -0.05) is 12.0 Å². The summed E-state index contributed by atoms with van der Waals surface area (Å²) < 4.78 is 5.46. The topological polar surface area (TPSA) is 93.9 Å². The molecule has 0 saturated carbocycles. The van der Waals surface area contributed by atoms with E-state index in [4.69, 9.17) is 4.74 Å². The number of allylic oxidation sites excluding steroid dienone is 2. The summed E-state index contributed by atoms with van der Waals surface area (Å²) in [6.45, 7) is 22.9. The zero-order valence-electron chi connectivity index (χ0n) is 24.0. The van der Waals surface area contributed by atoms with Gasteiger partial charge in [-0.3, -0.25) is 15.0 Å². The first kappa shape index (κ1) is 32.2. The molecule has 9 heteroatoms. The van der Waals surface area contributed by atoms with Crippen molar-refractivity contribution in [3.63, 3.8) is 0 Å². The fourth-order valence-electron chi connectivity index (χ4n) is 3.87. The summed E-state index contributed by atoms with van der Waals surface area (Å²) in [5.74, 6) is 0. The van der Waals surface area contributed by atoms with Crippen LogP contribution in [0.15, 0.2) is 50.3 Å². The number of ether oxygens (including phenoxy) is 1. The minimum absolute atomic E-state index is 0.338. The SMILES string of the molecule is C=N/C=C1/CCN(C(=O)OC(C)(C)C)C/C1=N/CN/C(C=C(C)C)=C/N=C.CNCCN1CCCCC1. The third-order valence-corrected chi connectivity index (χ3v) is 5.62. The van der Waals surface area contributed by atoms with Gasteiger partial charge < -0.3 is 25.2 Å². The van der Waals surface area contributed by atoms with Gasteiger partial charge >= 0.3 is 6.09 Å². The lowest BCUT2D eigenvalue weighted by Crippen LogP contribution is -2.44. The number of hydrogen-bond acceptors (Lipinski definition) is 8. The average molecular weight is 516 g/mol. The molecule has 2 rings (SSSR count). The van der Waals surface area contributed by atoms with Crippen molar-refractivity contribution in [3.05, 3.63) is 35.3 Å². The van der Waals surface area contributed by atoms with Gasteiger partial charge in [0.15, 0.2) is 0 Å². The smallest absolute Gasteiger partial charge is 0.410 e. The van der Waals surface area contributed by atoms with Gasteiger partial charge in [0.25, 0.3) is 0 Å². The van der Waals surface area contributed by atoms with Crippen molar-refractivity contribution < 1.29 is 9.53 Å². The zero-order chi connectivity index (χ0) is 27.7. The second kappa shape index (κ2) is 17.6. The van der Waals surface area contributed by atoms with Crippen molar-refractivity contribution in [3.8, 4) is 0 Å². The number of nitrogens with zero attached hydrogens (tertiary/aromatic N) is 5. The Kier molecular flexibility index (Phi) is 15.4.